The molecule has 0 radical (unpaired) electrons. The quantitative estimate of drug-likeness (QED) is 0.722. The lowest BCUT2D eigenvalue weighted by Gasteiger charge is -2.11. The van der Waals surface area contributed by atoms with Crippen LogP contribution in [0.1, 0.15) is 17.5 Å². The van der Waals surface area contributed by atoms with E-state index in [1.54, 1.807) is 36.5 Å². The Morgan fingerprint density at radius 1 is 1.33 bits per heavy atom. The van der Waals surface area contributed by atoms with Gasteiger partial charge in [-0.25, -0.2) is 4.98 Å². The third-order valence-corrected chi connectivity index (χ3v) is 4.40. The van der Waals surface area contributed by atoms with Crippen molar-refractivity contribution in [3.05, 3.63) is 57.7 Å². The van der Waals surface area contributed by atoms with Gasteiger partial charge in [-0.1, -0.05) is 34.4 Å². The Labute approximate surface area is 165 Å². The Kier molecular flexibility index (Phi) is 6.12. The molecule has 2 heterocycles. The molecular weight excluding hydrogens is 389 g/mol. The monoisotopic (exact) mass is 403 g/mol. The van der Waals surface area contributed by atoms with E-state index in [4.69, 9.17) is 33.3 Å². The number of aromatic nitrogens is 1. The number of anilines is 1. The second-order valence-electron chi connectivity index (χ2n) is 5.69. The maximum Gasteiger partial charge on any atom is 0.264 e. The standard InChI is InChI=1S/C18H15Cl2N5O2/c19-12-3-4-13(14(20)8-12)15-9-16(27-25-15)18(26)24-7-6-23-17-11(10-21)2-1-5-22-17/h1-5,8,16H,6-7,9H2,(H,22,23)(H,24,26)/t16-/m0/s1. The van der Waals surface area contributed by atoms with E-state index < -0.39 is 6.10 Å². The molecule has 0 fully saturated rings. The topological polar surface area (TPSA) is 99.4 Å². The molecule has 1 amide bonds. The first kappa shape index (κ1) is 19.0. The molecule has 0 spiro atoms. The van der Waals surface area contributed by atoms with E-state index in [-0.39, 0.29) is 5.91 Å². The number of carbonyl (C=O) groups excluding carboxylic acids is 1. The highest BCUT2D eigenvalue weighted by atomic mass is 35.5. The van der Waals surface area contributed by atoms with Crippen molar-refractivity contribution in [2.24, 2.45) is 5.16 Å². The van der Waals surface area contributed by atoms with Crippen molar-refractivity contribution in [1.29, 1.82) is 5.26 Å². The number of benzene rings is 1. The van der Waals surface area contributed by atoms with Gasteiger partial charge in [-0.05, 0) is 24.3 Å². The van der Waals surface area contributed by atoms with E-state index >= 15 is 0 Å². The summed E-state index contributed by atoms with van der Waals surface area (Å²) in [5.74, 6) is 0.205. The van der Waals surface area contributed by atoms with Gasteiger partial charge in [-0.2, -0.15) is 5.26 Å². The normalized spacial score (nSPS) is 15.4. The maximum absolute atomic E-state index is 12.2. The molecule has 27 heavy (non-hydrogen) atoms. The fraction of sp³-hybridized carbons (Fsp3) is 0.222. The number of hydrogen-bond acceptors (Lipinski definition) is 6. The molecule has 1 aromatic heterocycles. The first-order chi connectivity index (χ1) is 13.1. The van der Waals surface area contributed by atoms with Crippen molar-refractivity contribution in [3.63, 3.8) is 0 Å². The van der Waals surface area contributed by atoms with Crippen molar-refractivity contribution in [2.45, 2.75) is 12.5 Å². The van der Waals surface area contributed by atoms with Gasteiger partial charge in [-0.3, -0.25) is 4.79 Å². The predicted molar refractivity (Wildman–Crippen MR) is 103 cm³/mol. The Hall–Kier alpha value is -2.82. The molecule has 138 valence electrons. The zero-order valence-electron chi connectivity index (χ0n) is 14.1. The fourth-order valence-corrected chi connectivity index (χ4v) is 3.03. The molecule has 1 atom stereocenters. The summed E-state index contributed by atoms with van der Waals surface area (Å²) in [7, 11) is 0. The predicted octanol–water partition coefficient (Wildman–Crippen LogP) is 2.98. The highest BCUT2D eigenvalue weighted by Gasteiger charge is 2.29. The lowest BCUT2D eigenvalue weighted by atomic mass is 10.0. The van der Waals surface area contributed by atoms with Gasteiger partial charge >= 0.3 is 0 Å². The summed E-state index contributed by atoms with van der Waals surface area (Å²) < 4.78 is 0. The molecule has 0 saturated heterocycles. The van der Waals surface area contributed by atoms with E-state index in [9.17, 15) is 4.79 Å². The zero-order valence-corrected chi connectivity index (χ0v) is 15.6. The minimum absolute atomic E-state index is 0.276. The second-order valence-corrected chi connectivity index (χ2v) is 6.53. The van der Waals surface area contributed by atoms with Crippen LogP contribution >= 0.6 is 23.2 Å². The summed E-state index contributed by atoms with van der Waals surface area (Å²) in [5, 5.41) is 19.7. The van der Waals surface area contributed by atoms with E-state index in [2.05, 4.69) is 26.8 Å². The van der Waals surface area contributed by atoms with Gasteiger partial charge in [0, 0.05) is 36.3 Å². The van der Waals surface area contributed by atoms with Crippen molar-refractivity contribution < 1.29 is 9.63 Å². The lowest BCUT2D eigenvalue weighted by molar-refractivity contribution is -0.131. The summed E-state index contributed by atoms with van der Waals surface area (Å²) in [5.41, 5.74) is 1.74. The van der Waals surface area contributed by atoms with E-state index in [1.807, 2.05) is 0 Å². The van der Waals surface area contributed by atoms with Crippen LogP contribution in [0.4, 0.5) is 5.82 Å². The number of rotatable bonds is 6. The number of nitrogens with one attached hydrogen (secondary N) is 2. The molecular formula is C18H15Cl2N5O2. The van der Waals surface area contributed by atoms with E-state index in [0.717, 1.165) is 0 Å². The zero-order chi connectivity index (χ0) is 19.2. The minimum atomic E-state index is -0.712. The van der Waals surface area contributed by atoms with Crippen LogP contribution in [0.15, 0.2) is 41.7 Å². The number of nitriles is 1. The molecule has 7 nitrogen and oxygen atoms in total. The SMILES string of the molecule is N#Cc1cccnc1NCCNC(=O)[C@@H]1CC(c2ccc(Cl)cc2Cl)=NO1. The second kappa shape index (κ2) is 8.71. The summed E-state index contributed by atoms with van der Waals surface area (Å²) >= 11 is 12.1. The van der Waals surface area contributed by atoms with Gasteiger partial charge in [0.05, 0.1) is 16.3 Å². The smallest absolute Gasteiger partial charge is 0.264 e. The van der Waals surface area contributed by atoms with Crippen LogP contribution in [-0.2, 0) is 9.63 Å². The van der Waals surface area contributed by atoms with Crippen LogP contribution in [0.3, 0.4) is 0 Å². The van der Waals surface area contributed by atoms with Crippen LogP contribution in [0.5, 0.6) is 0 Å². The summed E-state index contributed by atoms with van der Waals surface area (Å²) in [6.45, 7) is 0.762. The van der Waals surface area contributed by atoms with Crippen LogP contribution in [0.2, 0.25) is 10.0 Å². The third kappa shape index (κ3) is 4.67. The van der Waals surface area contributed by atoms with Gasteiger partial charge in [0.1, 0.15) is 11.9 Å². The number of carbonyl (C=O) groups is 1. The molecule has 1 aliphatic rings. The minimum Gasteiger partial charge on any atom is -0.382 e. The molecule has 0 bridgehead atoms. The molecule has 2 N–H and O–H groups in total. The largest absolute Gasteiger partial charge is 0.382 e. The highest BCUT2D eigenvalue weighted by molar-refractivity contribution is 6.37. The van der Waals surface area contributed by atoms with Gasteiger partial charge in [0.15, 0.2) is 0 Å². The molecule has 0 unspecified atom stereocenters. The Balaban J connectivity index is 1.47. The van der Waals surface area contributed by atoms with Crippen molar-refractivity contribution in [2.75, 3.05) is 18.4 Å². The number of nitrogens with zero attached hydrogens (tertiary/aromatic N) is 3. The summed E-state index contributed by atoms with van der Waals surface area (Å²) in [4.78, 5) is 21.6. The van der Waals surface area contributed by atoms with E-state index in [1.165, 1.54) is 0 Å². The van der Waals surface area contributed by atoms with Crippen molar-refractivity contribution in [3.8, 4) is 6.07 Å². The first-order valence-corrected chi connectivity index (χ1v) is 8.89. The molecule has 3 rings (SSSR count). The van der Waals surface area contributed by atoms with Gasteiger partial charge in [0.25, 0.3) is 5.91 Å². The Bertz CT molecular complexity index is 926. The van der Waals surface area contributed by atoms with Gasteiger partial charge in [-0.15, -0.1) is 0 Å². The molecule has 1 aliphatic heterocycles. The van der Waals surface area contributed by atoms with Crippen molar-refractivity contribution >= 4 is 40.6 Å². The lowest BCUT2D eigenvalue weighted by Crippen LogP contribution is -2.37. The summed E-state index contributed by atoms with van der Waals surface area (Å²) in [6.07, 6.45) is 1.20. The number of pyridine rings is 1. The fourth-order valence-electron chi connectivity index (χ4n) is 2.52. The molecule has 0 saturated carbocycles. The average molecular weight is 404 g/mol. The Morgan fingerprint density at radius 2 is 2.19 bits per heavy atom. The summed E-state index contributed by atoms with van der Waals surface area (Å²) in [6, 6.07) is 10.5. The van der Waals surface area contributed by atoms with Crippen LogP contribution in [0.25, 0.3) is 0 Å². The molecule has 0 aliphatic carbocycles. The van der Waals surface area contributed by atoms with Crippen LogP contribution in [0, 0.1) is 11.3 Å². The van der Waals surface area contributed by atoms with Crippen LogP contribution in [-0.4, -0.2) is 35.8 Å². The first-order valence-electron chi connectivity index (χ1n) is 8.13. The van der Waals surface area contributed by atoms with E-state index in [0.29, 0.717) is 52.2 Å². The molecule has 9 heteroatoms. The number of oxime groups is 1. The van der Waals surface area contributed by atoms with Gasteiger partial charge < -0.3 is 15.5 Å². The van der Waals surface area contributed by atoms with Crippen LogP contribution < -0.4 is 10.6 Å². The van der Waals surface area contributed by atoms with Gasteiger partial charge in [0.2, 0.25) is 6.10 Å². The number of amides is 1. The maximum atomic E-state index is 12.2. The molecule has 1 aromatic carbocycles. The molecule has 2 aromatic rings. The number of halogens is 2. The highest BCUT2D eigenvalue weighted by Crippen LogP contribution is 2.26. The third-order valence-electron chi connectivity index (χ3n) is 3.85. The average Bonchev–Trinajstić information content (AvgIpc) is 3.15. The Morgan fingerprint density at radius 3 is 2.96 bits per heavy atom. The van der Waals surface area contributed by atoms with Crippen molar-refractivity contribution in [1.82, 2.24) is 10.3 Å². The number of hydrogen-bond donors (Lipinski definition) is 2.